The second-order valence-corrected chi connectivity index (χ2v) is 6.79. The normalized spacial score (nSPS) is 20.8. The molecule has 0 atom stereocenters. The van der Waals surface area contributed by atoms with Gasteiger partial charge in [-0.15, -0.1) is 0 Å². The Bertz CT molecular complexity index is 761. The topological polar surface area (TPSA) is 9.23 Å². The van der Waals surface area contributed by atoms with Crippen LogP contribution < -0.4 is 4.74 Å². The first-order chi connectivity index (χ1) is 12.0. The molecule has 1 aliphatic rings. The third-order valence-electron chi connectivity index (χ3n) is 5.38. The highest BCUT2D eigenvalue weighted by molar-refractivity contribution is 5.88. The second-order valence-electron chi connectivity index (χ2n) is 6.79. The number of ether oxygens (including phenoxy) is 1. The third kappa shape index (κ3) is 3.68. The Balaban J connectivity index is 2.08. The van der Waals surface area contributed by atoms with E-state index in [-0.39, 0.29) is 11.7 Å². The first-order valence-corrected chi connectivity index (χ1v) is 8.86. The van der Waals surface area contributed by atoms with E-state index < -0.39 is 12.4 Å². The Morgan fingerprint density at radius 1 is 1.20 bits per heavy atom. The molecule has 0 saturated heterocycles. The van der Waals surface area contributed by atoms with E-state index in [9.17, 15) is 8.78 Å². The molecule has 1 aliphatic carbocycles. The minimum absolute atomic E-state index is 0.0267. The van der Waals surface area contributed by atoms with Crippen molar-refractivity contribution in [3.63, 3.8) is 0 Å². The van der Waals surface area contributed by atoms with Crippen LogP contribution in [-0.2, 0) is 0 Å². The zero-order chi connectivity index (χ0) is 18.0. The molecule has 1 nitrogen and oxygen atoms in total. The quantitative estimate of drug-likeness (QED) is 0.570. The van der Waals surface area contributed by atoms with E-state index in [0.717, 1.165) is 37.7 Å². The fraction of sp³-hybridized carbons (Fsp3) is 0.429. The summed E-state index contributed by atoms with van der Waals surface area (Å²) in [6.45, 7) is 2.88. The molecule has 134 valence electrons. The molecule has 0 bridgehead atoms. The summed E-state index contributed by atoms with van der Waals surface area (Å²) in [5, 5.41) is 0.997. The van der Waals surface area contributed by atoms with E-state index in [1.165, 1.54) is 0 Å². The van der Waals surface area contributed by atoms with Crippen molar-refractivity contribution in [3.05, 3.63) is 47.8 Å². The Labute approximate surface area is 146 Å². The van der Waals surface area contributed by atoms with Crippen molar-refractivity contribution in [2.75, 3.05) is 0 Å². The molecule has 2 aromatic carbocycles. The first kappa shape index (κ1) is 17.8. The Morgan fingerprint density at radius 2 is 1.92 bits per heavy atom. The van der Waals surface area contributed by atoms with Crippen LogP contribution in [0.25, 0.3) is 16.8 Å². The number of halogens is 3. The van der Waals surface area contributed by atoms with Crippen molar-refractivity contribution in [2.24, 2.45) is 5.92 Å². The lowest BCUT2D eigenvalue weighted by Gasteiger charge is -2.29. The van der Waals surface area contributed by atoms with Gasteiger partial charge in [0, 0.05) is 10.9 Å². The largest absolute Gasteiger partial charge is 0.434 e. The third-order valence-corrected chi connectivity index (χ3v) is 5.38. The zero-order valence-electron chi connectivity index (χ0n) is 14.4. The smallest absolute Gasteiger partial charge is 0.387 e. The molecule has 0 heterocycles. The van der Waals surface area contributed by atoms with Crippen LogP contribution in [-0.4, -0.2) is 6.61 Å². The molecule has 0 aromatic heterocycles. The molecule has 0 spiro atoms. The van der Waals surface area contributed by atoms with Crippen LogP contribution in [0.4, 0.5) is 13.2 Å². The average molecular weight is 348 g/mol. The predicted molar refractivity (Wildman–Crippen MR) is 95.6 cm³/mol. The van der Waals surface area contributed by atoms with Gasteiger partial charge in [0.2, 0.25) is 0 Å². The van der Waals surface area contributed by atoms with Gasteiger partial charge in [0.25, 0.3) is 0 Å². The molecule has 0 N–H and O–H groups in total. The van der Waals surface area contributed by atoms with E-state index in [1.54, 1.807) is 30.3 Å². The standard InChI is InChI=1S/C21H23F3O/c1-3-13-5-8-15(9-6-13)19-18(25-21(23)24)12-16-11-14(4-2)7-10-17(16)20(19)22/h4,7,10-13,15,21H,2-3,5-6,8-9H2,1H3. The number of alkyl halides is 2. The van der Waals surface area contributed by atoms with Crippen molar-refractivity contribution in [1.82, 2.24) is 0 Å². The number of rotatable bonds is 5. The summed E-state index contributed by atoms with van der Waals surface area (Å²) in [4.78, 5) is 0. The van der Waals surface area contributed by atoms with Crippen LogP contribution in [0.15, 0.2) is 30.8 Å². The zero-order valence-corrected chi connectivity index (χ0v) is 14.4. The number of hydrogen-bond donors (Lipinski definition) is 0. The summed E-state index contributed by atoms with van der Waals surface area (Å²) in [6, 6.07) is 6.75. The Hall–Kier alpha value is -1.97. The van der Waals surface area contributed by atoms with E-state index in [1.807, 2.05) is 0 Å². The summed E-state index contributed by atoms with van der Waals surface area (Å²) in [7, 11) is 0. The summed E-state index contributed by atoms with van der Waals surface area (Å²) in [5.74, 6) is 0.124. The molecule has 25 heavy (non-hydrogen) atoms. The van der Waals surface area contributed by atoms with Crippen LogP contribution in [0, 0.1) is 11.7 Å². The number of hydrogen-bond acceptors (Lipinski definition) is 1. The summed E-state index contributed by atoms with van der Waals surface area (Å²) in [6.07, 6.45) is 6.38. The molecule has 3 rings (SSSR count). The first-order valence-electron chi connectivity index (χ1n) is 8.86. The molecule has 0 radical (unpaired) electrons. The van der Waals surface area contributed by atoms with Crippen LogP contribution in [0.3, 0.4) is 0 Å². The van der Waals surface area contributed by atoms with Gasteiger partial charge in [-0.3, -0.25) is 0 Å². The highest BCUT2D eigenvalue weighted by atomic mass is 19.3. The van der Waals surface area contributed by atoms with Crippen molar-refractivity contribution < 1.29 is 17.9 Å². The maximum atomic E-state index is 15.2. The second kappa shape index (κ2) is 7.51. The van der Waals surface area contributed by atoms with Gasteiger partial charge >= 0.3 is 6.61 Å². The van der Waals surface area contributed by atoms with Gasteiger partial charge in [-0.2, -0.15) is 8.78 Å². The molecule has 0 aliphatic heterocycles. The van der Waals surface area contributed by atoms with Gasteiger partial charge in [-0.1, -0.05) is 38.1 Å². The molecular formula is C21H23F3O. The minimum Gasteiger partial charge on any atom is -0.434 e. The van der Waals surface area contributed by atoms with Gasteiger partial charge < -0.3 is 4.74 Å². The summed E-state index contributed by atoms with van der Waals surface area (Å²) < 4.78 is 45.7. The van der Waals surface area contributed by atoms with Crippen molar-refractivity contribution in [1.29, 1.82) is 0 Å². The van der Waals surface area contributed by atoms with E-state index in [0.29, 0.717) is 22.3 Å². The van der Waals surface area contributed by atoms with Crippen molar-refractivity contribution >= 4 is 16.8 Å². The maximum absolute atomic E-state index is 15.2. The van der Waals surface area contributed by atoms with Crippen LogP contribution in [0.1, 0.15) is 56.1 Å². The van der Waals surface area contributed by atoms with Gasteiger partial charge in [-0.05, 0) is 60.6 Å². The van der Waals surface area contributed by atoms with Gasteiger partial charge in [0.05, 0.1) is 0 Å². The number of benzene rings is 2. The van der Waals surface area contributed by atoms with E-state index in [4.69, 9.17) is 4.74 Å². The summed E-state index contributed by atoms with van der Waals surface area (Å²) >= 11 is 0. The Kier molecular flexibility index (Phi) is 5.36. The lowest BCUT2D eigenvalue weighted by Crippen LogP contribution is -2.16. The highest BCUT2D eigenvalue weighted by Crippen LogP contribution is 2.44. The monoisotopic (exact) mass is 348 g/mol. The minimum atomic E-state index is -2.97. The van der Waals surface area contributed by atoms with Gasteiger partial charge in [0.1, 0.15) is 11.6 Å². The fourth-order valence-electron chi connectivity index (χ4n) is 3.93. The average Bonchev–Trinajstić information content (AvgIpc) is 2.61. The molecule has 4 heteroatoms. The fourth-order valence-corrected chi connectivity index (χ4v) is 3.93. The molecular weight excluding hydrogens is 325 g/mol. The molecule has 1 fully saturated rings. The van der Waals surface area contributed by atoms with E-state index in [2.05, 4.69) is 13.5 Å². The van der Waals surface area contributed by atoms with Gasteiger partial charge in [0.15, 0.2) is 0 Å². The predicted octanol–water partition coefficient (Wildman–Crippen LogP) is 6.91. The van der Waals surface area contributed by atoms with Crippen molar-refractivity contribution in [3.8, 4) is 5.75 Å². The summed E-state index contributed by atoms with van der Waals surface area (Å²) in [5.41, 5.74) is 1.12. The van der Waals surface area contributed by atoms with E-state index >= 15 is 4.39 Å². The van der Waals surface area contributed by atoms with Crippen molar-refractivity contribution in [2.45, 2.75) is 51.6 Å². The Morgan fingerprint density at radius 3 is 2.52 bits per heavy atom. The number of fused-ring (bicyclic) bond motifs is 1. The molecule has 0 unspecified atom stereocenters. The highest BCUT2D eigenvalue weighted by Gasteiger charge is 2.28. The van der Waals surface area contributed by atoms with Crippen LogP contribution in [0.2, 0.25) is 0 Å². The van der Waals surface area contributed by atoms with Crippen LogP contribution in [0.5, 0.6) is 5.75 Å². The molecule has 0 amide bonds. The van der Waals surface area contributed by atoms with Crippen LogP contribution >= 0.6 is 0 Å². The SMILES string of the molecule is C=Cc1ccc2c(F)c(C3CCC(CC)CC3)c(OC(F)F)cc2c1. The lowest BCUT2D eigenvalue weighted by atomic mass is 9.77. The van der Waals surface area contributed by atoms with Gasteiger partial charge in [-0.25, -0.2) is 4.39 Å². The maximum Gasteiger partial charge on any atom is 0.387 e. The molecule has 2 aromatic rings. The molecule has 1 saturated carbocycles. The lowest BCUT2D eigenvalue weighted by molar-refractivity contribution is -0.0508.